The van der Waals surface area contributed by atoms with Crippen LogP contribution < -0.4 is 15.4 Å². The number of carbonyl (C=O) groups is 1. The first-order valence-corrected chi connectivity index (χ1v) is 8.76. The third kappa shape index (κ3) is 5.54. The van der Waals surface area contributed by atoms with Crippen molar-refractivity contribution >= 4 is 17.3 Å². The zero-order valence-electron chi connectivity index (χ0n) is 15.3. The minimum Gasteiger partial charge on any atom is -0.491 e. The van der Waals surface area contributed by atoms with E-state index in [0.717, 1.165) is 17.0 Å². The number of anilines is 2. The molecule has 3 rings (SSSR count). The largest absolute Gasteiger partial charge is 0.491 e. The van der Waals surface area contributed by atoms with Gasteiger partial charge in [-0.25, -0.2) is 0 Å². The summed E-state index contributed by atoms with van der Waals surface area (Å²) in [6.07, 6.45) is 6.87. The molecule has 0 aliphatic heterocycles. The first-order chi connectivity index (χ1) is 13.1. The van der Waals surface area contributed by atoms with Gasteiger partial charge in [0, 0.05) is 37.0 Å². The average molecular weight is 362 g/mol. The lowest BCUT2D eigenvalue weighted by Gasteiger charge is -2.11. The van der Waals surface area contributed by atoms with Crippen LogP contribution in [0.15, 0.2) is 67.3 Å². The summed E-state index contributed by atoms with van der Waals surface area (Å²) in [5, 5.41) is 6.11. The second-order valence-corrected chi connectivity index (χ2v) is 6.32. The molecule has 6 heteroatoms. The van der Waals surface area contributed by atoms with Crippen LogP contribution in [0.5, 0.6) is 5.75 Å². The first-order valence-electron chi connectivity index (χ1n) is 8.76. The van der Waals surface area contributed by atoms with Crippen molar-refractivity contribution in [3.63, 3.8) is 0 Å². The Kier molecular flexibility index (Phi) is 5.99. The van der Waals surface area contributed by atoms with Crippen LogP contribution in [-0.4, -0.2) is 22.0 Å². The van der Waals surface area contributed by atoms with E-state index in [9.17, 15) is 4.79 Å². The molecule has 0 aliphatic carbocycles. The number of pyridine rings is 2. The molecule has 2 N–H and O–H groups in total. The topological polar surface area (TPSA) is 76.1 Å². The molecule has 0 saturated carbocycles. The smallest absolute Gasteiger partial charge is 0.257 e. The van der Waals surface area contributed by atoms with E-state index in [1.807, 2.05) is 50.2 Å². The number of nitrogens with one attached hydrogen (secondary N) is 2. The second-order valence-electron chi connectivity index (χ2n) is 6.32. The van der Waals surface area contributed by atoms with Gasteiger partial charge >= 0.3 is 0 Å². The summed E-state index contributed by atoms with van der Waals surface area (Å²) in [6.45, 7) is 4.55. The van der Waals surface area contributed by atoms with E-state index in [4.69, 9.17) is 4.74 Å². The van der Waals surface area contributed by atoms with Crippen molar-refractivity contribution in [3.8, 4) is 5.75 Å². The Morgan fingerprint density at radius 1 is 1.04 bits per heavy atom. The van der Waals surface area contributed by atoms with E-state index in [1.165, 1.54) is 0 Å². The predicted octanol–water partition coefficient (Wildman–Crippen LogP) is 4.13. The first kappa shape index (κ1) is 18.4. The molecule has 2 aromatic heterocycles. The number of rotatable bonds is 7. The van der Waals surface area contributed by atoms with Gasteiger partial charge in [0.15, 0.2) is 0 Å². The summed E-state index contributed by atoms with van der Waals surface area (Å²) in [5.41, 5.74) is 3.00. The molecule has 27 heavy (non-hydrogen) atoms. The van der Waals surface area contributed by atoms with Crippen molar-refractivity contribution in [2.75, 3.05) is 10.6 Å². The van der Waals surface area contributed by atoms with E-state index in [2.05, 4.69) is 20.6 Å². The molecule has 0 fully saturated rings. The van der Waals surface area contributed by atoms with Crippen LogP contribution in [0.4, 0.5) is 11.4 Å². The SMILES string of the molecule is CC(C)Oc1ccc(NC(=O)c2cncc(NCc3cccnc3)c2)cc1. The summed E-state index contributed by atoms with van der Waals surface area (Å²) < 4.78 is 5.60. The highest BCUT2D eigenvalue weighted by molar-refractivity contribution is 6.04. The fraction of sp³-hybridized carbons (Fsp3) is 0.190. The summed E-state index contributed by atoms with van der Waals surface area (Å²) in [4.78, 5) is 20.7. The van der Waals surface area contributed by atoms with Gasteiger partial charge in [-0.3, -0.25) is 14.8 Å². The molecule has 0 radical (unpaired) electrons. The highest BCUT2D eigenvalue weighted by atomic mass is 16.5. The highest BCUT2D eigenvalue weighted by Crippen LogP contribution is 2.18. The maximum absolute atomic E-state index is 12.5. The number of ether oxygens (including phenoxy) is 1. The van der Waals surface area contributed by atoms with Gasteiger partial charge in [-0.2, -0.15) is 0 Å². The van der Waals surface area contributed by atoms with Crippen molar-refractivity contribution in [1.82, 2.24) is 9.97 Å². The van der Waals surface area contributed by atoms with E-state index in [0.29, 0.717) is 17.8 Å². The lowest BCUT2D eigenvalue weighted by Crippen LogP contribution is -2.13. The number of benzene rings is 1. The number of carbonyl (C=O) groups excluding carboxylic acids is 1. The molecule has 0 unspecified atom stereocenters. The van der Waals surface area contributed by atoms with Crippen LogP contribution in [0, 0.1) is 0 Å². The van der Waals surface area contributed by atoms with Gasteiger partial charge in [-0.1, -0.05) is 6.07 Å². The van der Waals surface area contributed by atoms with Crippen LogP contribution >= 0.6 is 0 Å². The van der Waals surface area contributed by atoms with Crippen LogP contribution in [0.25, 0.3) is 0 Å². The summed E-state index contributed by atoms with van der Waals surface area (Å²) in [6, 6.07) is 12.9. The standard InChI is InChI=1S/C21H22N4O2/c1-15(2)27-20-7-5-18(6-8-20)25-21(26)17-10-19(14-23-13-17)24-12-16-4-3-9-22-11-16/h3-11,13-15,24H,12H2,1-2H3,(H,25,26). The van der Waals surface area contributed by atoms with Gasteiger partial charge in [0.25, 0.3) is 5.91 Å². The third-order valence-electron chi connectivity index (χ3n) is 3.70. The Morgan fingerprint density at radius 2 is 1.85 bits per heavy atom. The van der Waals surface area contributed by atoms with Crippen molar-refractivity contribution < 1.29 is 9.53 Å². The number of nitrogens with zero attached hydrogens (tertiary/aromatic N) is 2. The van der Waals surface area contributed by atoms with E-state index < -0.39 is 0 Å². The second kappa shape index (κ2) is 8.80. The van der Waals surface area contributed by atoms with E-state index in [-0.39, 0.29) is 12.0 Å². The molecule has 0 spiro atoms. The van der Waals surface area contributed by atoms with Crippen LogP contribution in [0.3, 0.4) is 0 Å². The maximum Gasteiger partial charge on any atom is 0.257 e. The predicted molar refractivity (Wildman–Crippen MR) is 106 cm³/mol. The van der Waals surface area contributed by atoms with Crippen molar-refractivity contribution in [2.45, 2.75) is 26.5 Å². The highest BCUT2D eigenvalue weighted by Gasteiger charge is 2.08. The minimum atomic E-state index is -0.218. The zero-order chi connectivity index (χ0) is 19.1. The molecule has 0 atom stereocenters. The van der Waals surface area contributed by atoms with Gasteiger partial charge < -0.3 is 15.4 Å². The molecule has 138 valence electrons. The molecule has 3 aromatic rings. The zero-order valence-corrected chi connectivity index (χ0v) is 15.3. The monoisotopic (exact) mass is 362 g/mol. The number of amides is 1. The van der Waals surface area contributed by atoms with Gasteiger partial charge in [0.05, 0.1) is 17.4 Å². The average Bonchev–Trinajstić information content (AvgIpc) is 2.68. The van der Waals surface area contributed by atoms with Crippen molar-refractivity contribution in [1.29, 1.82) is 0 Å². The summed E-state index contributed by atoms with van der Waals surface area (Å²) in [7, 11) is 0. The van der Waals surface area contributed by atoms with E-state index >= 15 is 0 Å². The van der Waals surface area contributed by atoms with E-state index in [1.54, 1.807) is 30.9 Å². The van der Waals surface area contributed by atoms with Crippen LogP contribution in [0.2, 0.25) is 0 Å². The molecular formula is C21H22N4O2. The molecule has 1 amide bonds. The Morgan fingerprint density at radius 3 is 2.56 bits per heavy atom. The Hall–Kier alpha value is -3.41. The quantitative estimate of drug-likeness (QED) is 0.661. The molecule has 0 saturated heterocycles. The van der Waals surface area contributed by atoms with Gasteiger partial charge in [0.2, 0.25) is 0 Å². The number of aromatic nitrogens is 2. The van der Waals surface area contributed by atoms with Gasteiger partial charge in [0.1, 0.15) is 5.75 Å². The fourth-order valence-corrected chi connectivity index (χ4v) is 2.46. The normalized spacial score (nSPS) is 10.5. The number of hydrogen-bond acceptors (Lipinski definition) is 5. The molecular weight excluding hydrogens is 340 g/mol. The van der Waals surface area contributed by atoms with Gasteiger partial charge in [-0.05, 0) is 55.8 Å². The molecule has 0 bridgehead atoms. The summed E-state index contributed by atoms with van der Waals surface area (Å²) in [5.74, 6) is 0.552. The van der Waals surface area contributed by atoms with Gasteiger partial charge in [-0.15, -0.1) is 0 Å². The fourth-order valence-electron chi connectivity index (χ4n) is 2.46. The molecule has 1 aromatic carbocycles. The molecule has 0 aliphatic rings. The minimum absolute atomic E-state index is 0.110. The summed E-state index contributed by atoms with van der Waals surface area (Å²) >= 11 is 0. The maximum atomic E-state index is 12.5. The number of hydrogen-bond donors (Lipinski definition) is 2. The van der Waals surface area contributed by atoms with Crippen molar-refractivity contribution in [3.05, 3.63) is 78.4 Å². The van der Waals surface area contributed by atoms with Crippen LogP contribution in [-0.2, 0) is 6.54 Å². The Bertz CT molecular complexity index is 880. The lowest BCUT2D eigenvalue weighted by atomic mass is 10.2. The molecule has 2 heterocycles. The Labute approximate surface area is 158 Å². The van der Waals surface area contributed by atoms with Crippen molar-refractivity contribution in [2.24, 2.45) is 0 Å². The third-order valence-corrected chi connectivity index (χ3v) is 3.70. The Balaban J connectivity index is 1.61. The van der Waals surface area contributed by atoms with Crippen LogP contribution in [0.1, 0.15) is 29.8 Å². The molecule has 6 nitrogen and oxygen atoms in total. The lowest BCUT2D eigenvalue weighted by molar-refractivity contribution is 0.102.